The Hall–Kier alpha value is -3.35. The number of pyridine rings is 1. The van der Waals surface area contributed by atoms with Crippen molar-refractivity contribution in [1.29, 1.82) is 0 Å². The fourth-order valence-electron chi connectivity index (χ4n) is 5.19. The van der Waals surface area contributed by atoms with Gasteiger partial charge >= 0.3 is 0 Å². The van der Waals surface area contributed by atoms with E-state index >= 15 is 0 Å². The molecule has 2 aromatic rings. The number of carbonyl (C=O) groups excluding carboxylic acids is 2. The first-order chi connectivity index (χ1) is 16.6. The van der Waals surface area contributed by atoms with Crippen molar-refractivity contribution in [3.05, 3.63) is 59.5 Å². The van der Waals surface area contributed by atoms with Gasteiger partial charge in [0.2, 0.25) is 0 Å². The number of carbonyl (C=O) groups is 2. The monoisotopic (exact) mass is 462 g/mol. The molecule has 3 unspecified atom stereocenters. The summed E-state index contributed by atoms with van der Waals surface area (Å²) in [4.78, 5) is 33.4. The molecule has 1 fully saturated rings. The topological polar surface area (TPSA) is 78.0 Å². The third-order valence-corrected chi connectivity index (χ3v) is 6.70. The van der Waals surface area contributed by atoms with Crippen LogP contribution in [0.15, 0.2) is 53.9 Å². The Kier molecular flexibility index (Phi) is 6.26. The summed E-state index contributed by atoms with van der Waals surface area (Å²) in [5.41, 5.74) is 1.20. The van der Waals surface area contributed by atoms with E-state index in [1.807, 2.05) is 38.1 Å². The number of hydrogen-bond donors (Lipinski definition) is 0. The molecule has 3 heterocycles. The van der Waals surface area contributed by atoms with Crippen LogP contribution in [-0.4, -0.2) is 36.0 Å². The molecule has 3 atom stereocenters. The second-order valence-corrected chi connectivity index (χ2v) is 8.91. The Morgan fingerprint density at radius 2 is 1.91 bits per heavy atom. The van der Waals surface area contributed by atoms with Crippen LogP contribution < -0.4 is 14.4 Å². The number of fused-ring (bicyclic) bond motifs is 1. The molecular weight excluding hydrogens is 432 g/mol. The zero-order valence-corrected chi connectivity index (χ0v) is 19.7. The molecule has 1 saturated carbocycles. The Morgan fingerprint density at radius 3 is 2.68 bits per heavy atom. The van der Waals surface area contributed by atoms with Crippen molar-refractivity contribution < 1.29 is 23.8 Å². The third-order valence-electron chi connectivity index (χ3n) is 6.70. The number of nitrogens with zero attached hydrogens (tertiary/aromatic N) is 2. The summed E-state index contributed by atoms with van der Waals surface area (Å²) in [7, 11) is 0. The maximum atomic E-state index is 13.8. The highest BCUT2D eigenvalue weighted by Crippen LogP contribution is 2.48. The van der Waals surface area contributed by atoms with Crippen molar-refractivity contribution in [3.8, 4) is 11.5 Å². The number of anilines is 1. The van der Waals surface area contributed by atoms with Gasteiger partial charge in [0.25, 0.3) is 5.91 Å². The molecule has 34 heavy (non-hydrogen) atoms. The number of rotatable bonds is 7. The molecule has 7 nitrogen and oxygen atoms in total. The van der Waals surface area contributed by atoms with Crippen molar-refractivity contribution in [2.24, 2.45) is 5.92 Å². The zero-order chi connectivity index (χ0) is 23.7. The second-order valence-electron chi connectivity index (χ2n) is 8.91. The summed E-state index contributed by atoms with van der Waals surface area (Å²) < 4.78 is 18.0. The van der Waals surface area contributed by atoms with E-state index in [4.69, 9.17) is 14.2 Å². The Morgan fingerprint density at radius 1 is 1.06 bits per heavy atom. The molecule has 3 aliphatic rings. The number of Topliss-reactive ketones (excluding diaryl/α,β-unsaturated/α-hetero) is 1. The molecule has 1 amide bonds. The van der Waals surface area contributed by atoms with Gasteiger partial charge in [-0.25, -0.2) is 4.98 Å². The molecule has 1 aromatic carbocycles. The Bertz CT molecular complexity index is 1110. The lowest BCUT2D eigenvalue weighted by Crippen LogP contribution is -2.39. The van der Waals surface area contributed by atoms with Crippen LogP contribution >= 0.6 is 0 Å². The number of aromatic nitrogens is 1. The SMILES string of the molecule is CCCOc1ccc(C2C3=C(OC4CCCCC4C3=O)C(=O)N2c2ccccn2)cc1OCC. The zero-order valence-electron chi connectivity index (χ0n) is 19.7. The van der Waals surface area contributed by atoms with Crippen molar-refractivity contribution in [2.45, 2.75) is 58.1 Å². The molecule has 2 aliphatic heterocycles. The molecule has 0 bridgehead atoms. The van der Waals surface area contributed by atoms with Gasteiger partial charge in [0, 0.05) is 6.20 Å². The lowest BCUT2D eigenvalue weighted by molar-refractivity contribution is -0.131. The van der Waals surface area contributed by atoms with Crippen LogP contribution in [0.3, 0.4) is 0 Å². The number of amides is 1. The molecule has 1 aliphatic carbocycles. The van der Waals surface area contributed by atoms with E-state index in [-0.39, 0.29) is 29.5 Å². The molecule has 1 aromatic heterocycles. The highest BCUT2D eigenvalue weighted by molar-refractivity contribution is 6.17. The van der Waals surface area contributed by atoms with Crippen molar-refractivity contribution in [1.82, 2.24) is 4.98 Å². The summed E-state index contributed by atoms with van der Waals surface area (Å²) in [5.74, 6) is 1.39. The smallest absolute Gasteiger partial charge is 0.295 e. The van der Waals surface area contributed by atoms with E-state index in [1.54, 1.807) is 23.2 Å². The largest absolute Gasteiger partial charge is 0.490 e. The number of ketones is 1. The highest BCUT2D eigenvalue weighted by Gasteiger charge is 2.52. The number of hydrogen-bond acceptors (Lipinski definition) is 6. The van der Waals surface area contributed by atoms with Crippen LogP contribution in [0.4, 0.5) is 5.82 Å². The molecule has 0 saturated heterocycles. The van der Waals surface area contributed by atoms with Gasteiger partial charge in [0.15, 0.2) is 23.0 Å². The minimum atomic E-state index is -0.632. The molecule has 7 heteroatoms. The fourth-order valence-corrected chi connectivity index (χ4v) is 5.19. The second kappa shape index (κ2) is 9.49. The van der Waals surface area contributed by atoms with Crippen molar-refractivity contribution >= 4 is 17.5 Å². The van der Waals surface area contributed by atoms with E-state index in [2.05, 4.69) is 4.98 Å². The predicted octanol–water partition coefficient (Wildman–Crippen LogP) is 4.77. The standard InChI is InChI=1S/C27H30N2O5/c1-3-15-33-20-13-12-17(16-21(20)32-4-2)24-23-25(30)18-9-5-6-10-19(18)34-26(23)27(31)29(24)22-11-7-8-14-28-22/h7-8,11-14,16,18-19,24H,3-6,9-10,15H2,1-2H3. The van der Waals surface area contributed by atoms with Gasteiger partial charge < -0.3 is 14.2 Å². The van der Waals surface area contributed by atoms with Crippen LogP contribution in [0.1, 0.15) is 57.6 Å². The van der Waals surface area contributed by atoms with E-state index in [0.29, 0.717) is 36.1 Å². The van der Waals surface area contributed by atoms with Gasteiger partial charge in [0.05, 0.1) is 30.7 Å². The van der Waals surface area contributed by atoms with Crippen LogP contribution in [0.5, 0.6) is 11.5 Å². The van der Waals surface area contributed by atoms with Crippen molar-refractivity contribution in [2.75, 3.05) is 18.1 Å². The third kappa shape index (κ3) is 3.83. The fraction of sp³-hybridized carbons (Fsp3) is 0.444. The van der Waals surface area contributed by atoms with E-state index in [0.717, 1.165) is 37.7 Å². The molecule has 0 radical (unpaired) electrons. The van der Waals surface area contributed by atoms with Gasteiger partial charge in [-0.05, 0) is 62.4 Å². The van der Waals surface area contributed by atoms with Gasteiger partial charge in [-0.3, -0.25) is 14.5 Å². The molecule has 0 spiro atoms. The van der Waals surface area contributed by atoms with E-state index < -0.39 is 6.04 Å². The first kappa shape index (κ1) is 22.4. The lowest BCUT2D eigenvalue weighted by Gasteiger charge is -2.35. The van der Waals surface area contributed by atoms with Gasteiger partial charge in [-0.2, -0.15) is 0 Å². The minimum Gasteiger partial charge on any atom is -0.490 e. The highest BCUT2D eigenvalue weighted by atomic mass is 16.5. The normalized spacial score (nSPS) is 23.9. The summed E-state index contributed by atoms with van der Waals surface area (Å²) in [6.45, 7) is 5.01. The van der Waals surface area contributed by atoms with Crippen LogP contribution in [0.2, 0.25) is 0 Å². The van der Waals surface area contributed by atoms with Gasteiger partial charge in [-0.1, -0.05) is 25.5 Å². The quantitative estimate of drug-likeness (QED) is 0.590. The maximum absolute atomic E-state index is 13.8. The summed E-state index contributed by atoms with van der Waals surface area (Å²) >= 11 is 0. The van der Waals surface area contributed by atoms with Crippen LogP contribution in [0.25, 0.3) is 0 Å². The molecular formula is C27H30N2O5. The predicted molar refractivity (Wildman–Crippen MR) is 127 cm³/mol. The maximum Gasteiger partial charge on any atom is 0.295 e. The summed E-state index contributed by atoms with van der Waals surface area (Å²) in [6.07, 6.45) is 5.90. The summed E-state index contributed by atoms with van der Waals surface area (Å²) in [6, 6.07) is 10.4. The minimum absolute atomic E-state index is 0.0204. The van der Waals surface area contributed by atoms with Crippen molar-refractivity contribution in [3.63, 3.8) is 0 Å². The molecule has 5 rings (SSSR count). The average molecular weight is 463 g/mol. The summed E-state index contributed by atoms with van der Waals surface area (Å²) in [5, 5.41) is 0. The van der Waals surface area contributed by atoms with Crippen LogP contribution in [-0.2, 0) is 14.3 Å². The van der Waals surface area contributed by atoms with E-state index in [9.17, 15) is 9.59 Å². The van der Waals surface area contributed by atoms with Gasteiger partial charge in [-0.15, -0.1) is 0 Å². The number of benzene rings is 1. The Balaban J connectivity index is 1.62. The van der Waals surface area contributed by atoms with Crippen LogP contribution in [0, 0.1) is 5.92 Å². The molecule has 0 N–H and O–H groups in total. The average Bonchev–Trinajstić information content (AvgIpc) is 3.16. The first-order valence-electron chi connectivity index (χ1n) is 12.2. The van der Waals surface area contributed by atoms with Gasteiger partial charge in [0.1, 0.15) is 11.9 Å². The lowest BCUT2D eigenvalue weighted by atomic mass is 9.77. The van der Waals surface area contributed by atoms with E-state index in [1.165, 1.54) is 0 Å². The Labute approximate surface area is 199 Å². The molecule has 178 valence electrons. The number of ether oxygens (including phenoxy) is 3. The first-order valence-corrected chi connectivity index (χ1v) is 12.2.